The molecule has 0 atom stereocenters. The molecule has 1 aliphatic heterocycles. The number of hydrogen-bond donors (Lipinski definition) is 0. The molecule has 3 heteroatoms. The molecule has 1 aromatic rings. The van der Waals surface area contributed by atoms with E-state index < -0.39 is 0 Å². The molecule has 1 fully saturated rings. The van der Waals surface area contributed by atoms with Crippen LogP contribution in [0.1, 0.15) is 25.8 Å². The third-order valence-electron chi connectivity index (χ3n) is 3.42. The summed E-state index contributed by atoms with van der Waals surface area (Å²) in [5, 5.41) is 0. The fraction of sp³-hybridized carbons (Fsp3) is 0.600. The lowest BCUT2D eigenvalue weighted by Crippen LogP contribution is -2.22. The quantitative estimate of drug-likeness (QED) is 0.765. The SMILES string of the molecule is COCOc1cc(C)cc(N2CCC(C)(C)C2)c1. The Bertz CT molecular complexity index is 415. The predicted molar refractivity (Wildman–Crippen MR) is 74.3 cm³/mol. The second kappa shape index (κ2) is 5.19. The summed E-state index contributed by atoms with van der Waals surface area (Å²) in [6.07, 6.45) is 1.25. The average Bonchev–Trinajstić information content (AvgIpc) is 2.66. The summed E-state index contributed by atoms with van der Waals surface area (Å²) < 4.78 is 10.5. The van der Waals surface area contributed by atoms with Crippen LogP contribution in [0, 0.1) is 12.3 Å². The number of hydrogen-bond acceptors (Lipinski definition) is 3. The topological polar surface area (TPSA) is 21.7 Å². The van der Waals surface area contributed by atoms with Crippen molar-refractivity contribution in [2.45, 2.75) is 27.2 Å². The van der Waals surface area contributed by atoms with Crippen LogP contribution in [-0.2, 0) is 4.74 Å². The van der Waals surface area contributed by atoms with Gasteiger partial charge in [0.05, 0.1) is 0 Å². The summed E-state index contributed by atoms with van der Waals surface area (Å²) in [7, 11) is 1.64. The second-order valence-electron chi connectivity index (χ2n) is 5.89. The minimum atomic E-state index is 0.300. The molecule has 0 aliphatic carbocycles. The molecule has 2 rings (SSSR count). The van der Waals surface area contributed by atoms with Gasteiger partial charge in [-0.2, -0.15) is 0 Å². The van der Waals surface area contributed by atoms with Crippen LogP contribution in [0.3, 0.4) is 0 Å². The van der Waals surface area contributed by atoms with Crippen molar-refractivity contribution in [1.29, 1.82) is 0 Å². The molecule has 0 saturated carbocycles. The molecule has 18 heavy (non-hydrogen) atoms. The maximum absolute atomic E-state index is 5.54. The van der Waals surface area contributed by atoms with Crippen molar-refractivity contribution in [3.8, 4) is 5.75 Å². The third kappa shape index (κ3) is 3.16. The van der Waals surface area contributed by atoms with Crippen LogP contribution in [0.2, 0.25) is 0 Å². The zero-order valence-corrected chi connectivity index (χ0v) is 11.8. The Morgan fingerprint density at radius 3 is 2.67 bits per heavy atom. The van der Waals surface area contributed by atoms with Crippen LogP contribution in [-0.4, -0.2) is 27.0 Å². The summed E-state index contributed by atoms with van der Waals surface area (Å²) in [6, 6.07) is 6.37. The highest BCUT2D eigenvalue weighted by Crippen LogP contribution is 2.34. The third-order valence-corrected chi connectivity index (χ3v) is 3.42. The van der Waals surface area contributed by atoms with Gasteiger partial charge in [0.15, 0.2) is 6.79 Å². The van der Waals surface area contributed by atoms with Crippen LogP contribution in [0.5, 0.6) is 5.75 Å². The zero-order valence-electron chi connectivity index (χ0n) is 11.8. The monoisotopic (exact) mass is 249 g/mol. The average molecular weight is 249 g/mol. The highest BCUT2D eigenvalue weighted by molar-refractivity contribution is 5.54. The number of ether oxygens (including phenoxy) is 2. The van der Waals surface area contributed by atoms with Gasteiger partial charge in [0, 0.05) is 32.0 Å². The Kier molecular flexibility index (Phi) is 3.81. The molecule has 0 aromatic heterocycles. The smallest absolute Gasteiger partial charge is 0.188 e. The van der Waals surface area contributed by atoms with E-state index in [4.69, 9.17) is 9.47 Å². The van der Waals surface area contributed by atoms with Crippen molar-refractivity contribution in [2.24, 2.45) is 5.41 Å². The molecule has 100 valence electrons. The fourth-order valence-corrected chi connectivity index (χ4v) is 2.45. The highest BCUT2D eigenvalue weighted by atomic mass is 16.7. The van der Waals surface area contributed by atoms with Gasteiger partial charge in [-0.1, -0.05) is 13.8 Å². The molecular formula is C15H23NO2. The van der Waals surface area contributed by atoms with Gasteiger partial charge in [-0.15, -0.1) is 0 Å². The zero-order chi connectivity index (χ0) is 13.2. The van der Waals surface area contributed by atoms with E-state index in [0.717, 1.165) is 18.8 Å². The molecule has 1 aromatic carbocycles. The van der Waals surface area contributed by atoms with Gasteiger partial charge < -0.3 is 14.4 Å². The molecule has 0 unspecified atom stereocenters. The maximum Gasteiger partial charge on any atom is 0.188 e. The van der Waals surface area contributed by atoms with Crippen molar-refractivity contribution < 1.29 is 9.47 Å². The van der Waals surface area contributed by atoms with Gasteiger partial charge in [0.25, 0.3) is 0 Å². The van der Waals surface area contributed by atoms with E-state index in [1.54, 1.807) is 7.11 Å². The van der Waals surface area contributed by atoms with Gasteiger partial charge in [0.2, 0.25) is 0 Å². The number of methoxy groups -OCH3 is 1. The largest absolute Gasteiger partial charge is 0.467 e. The summed E-state index contributed by atoms with van der Waals surface area (Å²) >= 11 is 0. The van der Waals surface area contributed by atoms with Crippen molar-refractivity contribution in [2.75, 3.05) is 31.9 Å². The first-order chi connectivity index (χ1) is 8.50. The van der Waals surface area contributed by atoms with Crippen LogP contribution in [0.25, 0.3) is 0 Å². The van der Waals surface area contributed by atoms with E-state index >= 15 is 0 Å². The summed E-state index contributed by atoms with van der Waals surface area (Å²) in [6.45, 7) is 9.29. The van der Waals surface area contributed by atoms with Gasteiger partial charge in [-0.25, -0.2) is 0 Å². The van der Waals surface area contributed by atoms with Crippen molar-refractivity contribution in [3.63, 3.8) is 0 Å². The molecule has 0 bridgehead atoms. The number of benzene rings is 1. The van der Waals surface area contributed by atoms with Gasteiger partial charge >= 0.3 is 0 Å². The summed E-state index contributed by atoms with van der Waals surface area (Å²) in [4.78, 5) is 2.44. The molecule has 3 nitrogen and oxygen atoms in total. The summed E-state index contributed by atoms with van der Waals surface area (Å²) in [5.41, 5.74) is 2.90. The van der Waals surface area contributed by atoms with Crippen LogP contribution < -0.4 is 9.64 Å². The van der Waals surface area contributed by atoms with E-state index in [2.05, 4.69) is 37.8 Å². The Hall–Kier alpha value is -1.22. The van der Waals surface area contributed by atoms with E-state index in [1.807, 2.05) is 6.07 Å². The van der Waals surface area contributed by atoms with Crippen molar-refractivity contribution >= 4 is 5.69 Å². The minimum absolute atomic E-state index is 0.300. The molecular weight excluding hydrogens is 226 g/mol. The van der Waals surface area contributed by atoms with Crippen LogP contribution >= 0.6 is 0 Å². The van der Waals surface area contributed by atoms with Gasteiger partial charge in [-0.05, 0) is 36.5 Å². The van der Waals surface area contributed by atoms with Crippen LogP contribution in [0.15, 0.2) is 18.2 Å². The lowest BCUT2D eigenvalue weighted by Gasteiger charge is -2.22. The lowest BCUT2D eigenvalue weighted by atomic mass is 9.93. The lowest BCUT2D eigenvalue weighted by molar-refractivity contribution is 0.0511. The van der Waals surface area contributed by atoms with Gasteiger partial charge in [0.1, 0.15) is 5.75 Å². The first-order valence-electron chi connectivity index (χ1n) is 6.48. The number of anilines is 1. The van der Waals surface area contributed by atoms with E-state index in [9.17, 15) is 0 Å². The Morgan fingerprint density at radius 2 is 2.06 bits per heavy atom. The maximum atomic E-state index is 5.54. The normalized spacial score (nSPS) is 18.1. The standard InChI is InChI=1S/C15H23NO2/c1-12-7-13(9-14(8-12)18-11-17-4)16-6-5-15(2,3)10-16/h7-9H,5-6,10-11H2,1-4H3. The predicted octanol–water partition coefficient (Wildman–Crippen LogP) is 3.21. The Labute approximate surface area is 110 Å². The number of aryl methyl sites for hydroxylation is 1. The van der Waals surface area contributed by atoms with Gasteiger partial charge in [-0.3, -0.25) is 0 Å². The molecule has 1 aliphatic rings. The first kappa shape index (κ1) is 13.2. The highest BCUT2D eigenvalue weighted by Gasteiger charge is 2.29. The van der Waals surface area contributed by atoms with E-state index in [1.165, 1.54) is 17.7 Å². The van der Waals surface area contributed by atoms with E-state index in [-0.39, 0.29) is 0 Å². The Morgan fingerprint density at radius 1 is 1.28 bits per heavy atom. The fourth-order valence-electron chi connectivity index (χ4n) is 2.45. The molecule has 1 heterocycles. The molecule has 1 saturated heterocycles. The molecule has 0 spiro atoms. The number of rotatable bonds is 4. The van der Waals surface area contributed by atoms with Crippen molar-refractivity contribution in [3.05, 3.63) is 23.8 Å². The van der Waals surface area contributed by atoms with Crippen molar-refractivity contribution in [1.82, 2.24) is 0 Å². The molecule has 0 amide bonds. The first-order valence-corrected chi connectivity index (χ1v) is 6.48. The molecule has 0 radical (unpaired) electrons. The minimum Gasteiger partial charge on any atom is -0.467 e. The van der Waals surface area contributed by atoms with Crippen LogP contribution in [0.4, 0.5) is 5.69 Å². The Balaban J connectivity index is 2.15. The molecule has 0 N–H and O–H groups in total. The second-order valence-corrected chi connectivity index (χ2v) is 5.89. The summed E-state index contributed by atoms with van der Waals surface area (Å²) in [5.74, 6) is 0.886. The van der Waals surface area contributed by atoms with E-state index in [0.29, 0.717) is 12.2 Å². The number of nitrogens with zero attached hydrogens (tertiary/aromatic N) is 1.